The smallest absolute Gasteiger partial charge is 0.142 e. The first kappa shape index (κ1) is 9.50. The first-order valence-corrected chi connectivity index (χ1v) is 4.87. The van der Waals surface area contributed by atoms with Crippen molar-refractivity contribution < 1.29 is 4.79 Å². The maximum atomic E-state index is 10.2. The summed E-state index contributed by atoms with van der Waals surface area (Å²) < 4.78 is 0. The van der Waals surface area contributed by atoms with Crippen molar-refractivity contribution >= 4 is 6.29 Å². The van der Waals surface area contributed by atoms with Gasteiger partial charge in [0.2, 0.25) is 0 Å². The van der Waals surface area contributed by atoms with Crippen molar-refractivity contribution in [2.45, 2.75) is 39.5 Å². The zero-order valence-corrected chi connectivity index (χ0v) is 8.05. The van der Waals surface area contributed by atoms with Gasteiger partial charge in [-0.1, -0.05) is 19.4 Å². The molecule has 0 heterocycles. The molecule has 1 nitrogen and oxygen atoms in total. The summed E-state index contributed by atoms with van der Waals surface area (Å²) in [6.45, 7) is 4.58. The van der Waals surface area contributed by atoms with Crippen LogP contribution in [0.3, 0.4) is 0 Å². The molecule has 0 bridgehead atoms. The minimum absolute atomic E-state index is 0.808. The van der Waals surface area contributed by atoms with E-state index in [1.54, 1.807) is 6.08 Å². The molecule has 0 radical (unpaired) electrons. The molecule has 0 aromatic rings. The van der Waals surface area contributed by atoms with E-state index in [1.807, 2.05) is 0 Å². The van der Waals surface area contributed by atoms with Crippen LogP contribution in [0.4, 0.5) is 0 Å². The van der Waals surface area contributed by atoms with Gasteiger partial charge in [-0.05, 0) is 43.6 Å². The van der Waals surface area contributed by atoms with E-state index in [0.717, 1.165) is 31.0 Å². The van der Waals surface area contributed by atoms with Gasteiger partial charge in [0.05, 0.1) is 0 Å². The zero-order chi connectivity index (χ0) is 8.97. The Bertz CT molecular complexity index is 169. The van der Waals surface area contributed by atoms with E-state index in [-0.39, 0.29) is 0 Å². The van der Waals surface area contributed by atoms with Crippen molar-refractivity contribution in [3.8, 4) is 0 Å². The van der Waals surface area contributed by atoms with Crippen molar-refractivity contribution in [1.82, 2.24) is 0 Å². The molecule has 0 unspecified atom stereocenters. The summed E-state index contributed by atoms with van der Waals surface area (Å²) in [5.41, 5.74) is 1.35. The second-order valence-electron chi connectivity index (χ2n) is 4.04. The molecule has 0 amide bonds. The van der Waals surface area contributed by atoms with Gasteiger partial charge in [0.25, 0.3) is 0 Å². The van der Waals surface area contributed by atoms with E-state index in [4.69, 9.17) is 0 Å². The second kappa shape index (κ2) is 4.44. The summed E-state index contributed by atoms with van der Waals surface area (Å²) in [5, 5.41) is 0. The van der Waals surface area contributed by atoms with E-state index >= 15 is 0 Å². The highest BCUT2D eigenvalue weighted by atomic mass is 16.1. The lowest BCUT2D eigenvalue weighted by molar-refractivity contribution is -0.104. The third kappa shape index (κ3) is 2.47. The van der Waals surface area contributed by atoms with E-state index in [0.29, 0.717) is 0 Å². The van der Waals surface area contributed by atoms with Crippen molar-refractivity contribution in [2.24, 2.45) is 11.8 Å². The third-order valence-corrected chi connectivity index (χ3v) is 2.92. The third-order valence-electron chi connectivity index (χ3n) is 2.92. The van der Waals surface area contributed by atoms with Crippen molar-refractivity contribution in [1.29, 1.82) is 0 Å². The monoisotopic (exact) mass is 166 g/mol. The molecule has 1 aliphatic rings. The molecule has 0 aliphatic heterocycles. The van der Waals surface area contributed by atoms with Crippen LogP contribution >= 0.6 is 0 Å². The molecule has 1 heteroatoms. The Morgan fingerprint density at radius 1 is 1.33 bits per heavy atom. The largest absolute Gasteiger partial charge is 0.299 e. The van der Waals surface area contributed by atoms with Gasteiger partial charge in [0.1, 0.15) is 6.29 Å². The Balaban J connectivity index is 2.39. The topological polar surface area (TPSA) is 17.1 Å². The quantitative estimate of drug-likeness (QED) is 0.455. The molecule has 1 fully saturated rings. The van der Waals surface area contributed by atoms with E-state index in [9.17, 15) is 4.79 Å². The molecule has 0 atom stereocenters. The maximum Gasteiger partial charge on any atom is 0.142 e. The number of carbonyl (C=O) groups is 1. The average molecular weight is 166 g/mol. The normalized spacial score (nSPS) is 24.2. The summed E-state index contributed by atoms with van der Waals surface area (Å²) in [7, 11) is 0. The minimum atomic E-state index is 0.808. The lowest BCUT2D eigenvalue weighted by atomic mass is 9.79. The molecule has 1 saturated carbocycles. The highest BCUT2D eigenvalue weighted by Crippen LogP contribution is 2.32. The average Bonchev–Trinajstić information content (AvgIpc) is 2.06. The van der Waals surface area contributed by atoms with E-state index in [2.05, 4.69) is 13.8 Å². The predicted molar refractivity (Wildman–Crippen MR) is 50.9 cm³/mol. The standard InChI is InChI=1S/C11H18O/c1-9(2)11-5-3-10(4-6-11)7-8-12/h7-9,11H,3-6H2,1-2H3. The lowest BCUT2D eigenvalue weighted by Gasteiger charge is -2.26. The number of hydrogen-bond donors (Lipinski definition) is 0. The molecule has 1 aliphatic carbocycles. The highest BCUT2D eigenvalue weighted by Gasteiger charge is 2.18. The number of allylic oxidation sites excluding steroid dienone is 2. The molecule has 0 N–H and O–H groups in total. The van der Waals surface area contributed by atoms with Crippen LogP contribution in [-0.4, -0.2) is 6.29 Å². The summed E-state index contributed by atoms with van der Waals surface area (Å²) in [5.74, 6) is 1.69. The highest BCUT2D eigenvalue weighted by molar-refractivity contribution is 5.66. The first-order chi connectivity index (χ1) is 5.74. The van der Waals surface area contributed by atoms with Gasteiger partial charge in [-0.15, -0.1) is 0 Å². The van der Waals surface area contributed by atoms with Gasteiger partial charge in [0.15, 0.2) is 0 Å². The number of carbonyl (C=O) groups excluding carboxylic acids is 1. The molecule has 0 aromatic carbocycles. The molecule has 1 rings (SSSR count). The molecular weight excluding hydrogens is 148 g/mol. The van der Waals surface area contributed by atoms with Crippen LogP contribution in [0.15, 0.2) is 11.6 Å². The Morgan fingerprint density at radius 2 is 1.92 bits per heavy atom. The summed E-state index contributed by atoms with van der Waals surface area (Å²) in [4.78, 5) is 10.2. The van der Waals surface area contributed by atoms with Crippen LogP contribution in [0.1, 0.15) is 39.5 Å². The summed E-state index contributed by atoms with van der Waals surface area (Å²) in [6.07, 6.45) is 7.50. The van der Waals surface area contributed by atoms with Crippen LogP contribution in [0.2, 0.25) is 0 Å². The molecule has 0 spiro atoms. The molecular formula is C11H18O. The zero-order valence-electron chi connectivity index (χ0n) is 8.05. The van der Waals surface area contributed by atoms with Crippen LogP contribution < -0.4 is 0 Å². The molecule has 0 saturated heterocycles. The fourth-order valence-electron chi connectivity index (χ4n) is 1.94. The summed E-state index contributed by atoms with van der Waals surface area (Å²) >= 11 is 0. The van der Waals surface area contributed by atoms with Crippen molar-refractivity contribution in [2.75, 3.05) is 0 Å². The molecule has 0 aromatic heterocycles. The molecule has 12 heavy (non-hydrogen) atoms. The van der Waals surface area contributed by atoms with Crippen molar-refractivity contribution in [3.05, 3.63) is 11.6 Å². The number of hydrogen-bond acceptors (Lipinski definition) is 1. The van der Waals surface area contributed by atoms with Gasteiger partial charge in [0, 0.05) is 0 Å². The fourth-order valence-corrected chi connectivity index (χ4v) is 1.94. The summed E-state index contributed by atoms with van der Waals surface area (Å²) in [6, 6.07) is 0. The Morgan fingerprint density at radius 3 is 2.33 bits per heavy atom. The van der Waals surface area contributed by atoms with E-state index in [1.165, 1.54) is 18.4 Å². The van der Waals surface area contributed by atoms with Crippen molar-refractivity contribution in [3.63, 3.8) is 0 Å². The second-order valence-corrected chi connectivity index (χ2v) is 4.04. The van der Waals surface area contributed by atoms with Gasteiger partial charge in [-0.2, -0.15) is 0 Å². The SMILES string of the molecule is CC(C)C1CCC(=CC=O)CC1. The fraction of sp³-hybridized carbons (Fsp3) is 0.727. The minimum Gasteiger partial charge on any atom is -0.299 e. The van der Waals surface area contributed by atoms with Crippen LogP contribution in [0.25, 0.3) is 0 Å². The van der Waals surface area contributed by atoms with Crippen LogP contribution in [-0.2, 0) is 4.79 Å². The Hall–Kier alpha value is -0.590. The number of rotatable bonds is 2. The van der Waals surface area contributed by atoms with E-state index < -0.39 is 0 Å². The van der Waals surface area contributed by atoms with Gasteiger partial charge >= 0.3 is 0 Å². The van der Waals surface area contributed by atoms with Crippen LogP contribution in [0, 0.1) is 11.8 Å². The van der Waals surface area contributed by atoms with Crippen LogP contribution in [0.5, 0.6) is 0 Å². The predicted octanol–water partition coefficient (Wildman–Crippen LogP) is 2.96. The maximum absolute atomic E-state index is 10.2. The number of aldehydes is 1. The lowest BCUT2D eigenvalue weighted by Crippen LogP contribution is -2.13. The van der Waals surface area contributed by atoms with Gasteiger partial charge in [-0.25, -0.2) is 0 Å². The Labute approximate surface area is 74.9 Å². The molecule has 68 valence electrons. The van der Waals surface area contributed by atoms with Gasteiger partial charge < -0.3 is 0 Å². The van der Waals surface area contributed by atoms with Gasteiger partial charge in [-0.3, -0.25) is 4.79 Å². The first-order valence-electron chi connectivity index (χ1n) is 4.87. The Kier molecular flexibility index (Phi) is 3.51.